The first-order valence-corrected chi connectivity index (χ1v) is 7.02. The van der Waals surface area contributed by atoms with Gasteiger partial charge in [0.15, 0.2) is 0 Å². The maximum atomic E-state index is 13.5. The van der Waals surface area contributed by atoms with Crippen LogP contribution in [0.4, 0.5) is 10.1 Å². The smallest absolute Gasteiger partial charge is 0.240 e. The van der Waals surface area contributed by atoms with Gasteiger partial charge in [-0.05, 0) is 25.1 Å². The van der Waals surface area contributed by atoms with E-state index in [9.17, 15) is 9.18 Å². The molecular formula is C17H19FN2O. The quantitative estimate of drug-likeness (QED) is 0.885. The maximum absolute atomic E-state index is 13.5. The van der Waals surface area contributed by atoms with E-state index in [1.165, 1.54) is 6.07 Å². The van der Waals surface area contributed by atoms with Crippen molar-refractivity contribution in [3.63, 3.8) is 0 Å². The highest BCUT2D eigenvalue weighted by Crippen LogP contribution is 2.12. The summed E-state index contributed by atoms with van der Waals surface area (Å²) in [6, 6.07) is 16.1. The third kappa shape index (κ3) is 4.13. The number of carbonyl (C=O) groups is 1. The molecule has 3 nitrogen and oxygen atoms in total. The van der Waals surface area contributed by atoms with Crippen molar-refractivity contribution in [3.8, 4) is 0 Å². The van der Waals surface area contributed by atoms with Gasteiger partial charge in [-0.1, -0.05) is 36.4 Å². The van der Waals surface area contributed by atoms with Crippen LogP contribution in [0.2, 0.25) is 0 Å². The van der Waals surface area contributed by atoms with Crippen LogP contribution in [-0.4, -0.2) is 19.0 Å². The normalized spacial score (nSPS) is 10.4. The molecule has 0 saturated carbocycles. The van der Waals surface area contributed by atoms with E-state index in [0.717, 1.165) is 5.69 Å². The Bertz CT molecular complexity index is 586. The number of para-hydroxylation sites is 1. The molecule has 0 aromatic heterocycles. The van der Waals surface area contributed by atoms with Crippen LogP contribution in [0, 0.1) is 5.82 Å². The minimum absolute atomic E-state index is 0.0277. The molecule has 0 aliphatic rings. The number of anilines is 1. The van der Waals surface area contributed by atoms with E-state index >= 15 is 0 Å². The molecule has 0 spiro atoms. The van der Waals surface area contributed by atoms with Crippen LogP contribution in [-0.2, 0) is 11.3 Å². The van der Waals surface area contributed by atoms with E-state index < -0.39 is 0 Å². The lowest BCUT2D eigenvalue weighted by atomic mass is 10.2. The highest BCUT2D eigenvalue weighted by Gasteiger charge is 2.13. The summed E-state index contributed by atoms with van der Waals surface area (Å²) in [5, 5.41) is 3.00. The van der Waals surface area contributed by atoms with Crippen molar-refractivity contribution in [1.82, 2.24) is 5.32 Å². The number of likely N-dealkylation sites (N-methyl/N-ethyl adjacent to an activating group) is 1. The van der Waals surface area contributed by atoms with Gasteiger partial charge in [0.25, 0.3) is 0 Å². The van der Waals surface area contributed by atoms with Gasteiger partial charge in [-0.15, -0.1) is 0 Å². The molecule has 1 N–H and O–H groups in total. The Morgan fingerprint density at radius 3 is 2.43 bits per heavy atom. The van der Waals surface area contributed by atoms with Crippen LogP contribution in [0.3, 0.4) is 0 Å². The summed E-state index contributed by atoms with van der Waals surface area (Å²) in [6.07, 6.45) is 0. The molecule has 110 valence electrons. The second-order valence-electron chi connectivity index (χ2n) is 4.67. The zero-order chi connectivity index (χ0) is 15.1. The van der Waals surface area contributed by atoms with E-state index in [0.29, 0.717) is 18.7 Å². The first kappa shape index (κ1) is 15.2. The van der Waals surface area contributed by atoms with Crippen LogP contribution < -0.4 is 10.2 Å². The molecule has 0 unspecified atom stereocenters. The summed E-state index contributed by atoms with van der Waals surface area (Å²) in [5.41, 5.74) is 1.44. The van der Waals surface area contributed by atoms with E-state index in [2.05, 4.69) is 5.32 Å². The molecule has 0 bridgehead atoms. The van der Waals surface area contributed by atoms with Crippen LogP contribution in [0.15, 0.2) is 54.6 Å². The van der Waals surface area contributed by atoms with Crippen molar-refractivity contribution in [2.45, 2.75) is 13.5 Å². The van der Waals surface area contributed by atoms with Crippen molar-refractivity contribution < 1.29 is 9.18 Å². The second kappa shape index (κ2) is 7.55. The number of halogens is 1. The van der Waals surface area contributed by atoms with Gasteiger partial charge in [-0.3, -0.25) is 4.79 Å². The molecule has 0 aliphatic carbocycles. The summed E-state index contributed by atoms with van der Waals surface area (Å²) in [6.45, 7) is 3.05. The van der Waals surface area contributed by atoms with Gasteiger partial charge in [0.05, 0.1) is 6.54 Å². The Morgan fingerprint density at radius 1 is 1.10 bits per heavy atom. The topological polar surface area (TPSA) is 32.3 Å². The van der Waals surface area contributed by atoms with Crippen LogP contribution in [0.1, 0.15) is 12.5 Å². The van der Waals surface area contributed by atoms with Gasteiger partial charge in [-0.2, -0.15) is 0 Å². The average molecular weight is 286 g/mol. The first-order chi connectivity index (χ1) is 10.2. The predicted molar refractivity (Wildman–Crippen MR) is 82.6 cm³/mol. The highest BCUT2D eigenvalue weighted by atomic mass is 19.1. The minimum atomic E-state index is -0.257. The Balaban J connectivity index is 1.90. The molecule has 2 aromatic carbocycles. The van der Waals surface area contributed by atoms with Gasteiger partial charge in [0.1, 0.15) is 5.82 Å². The Labute approximate surface area is 124 Å². The number of hydrogen-bond donors (Lipinski definition) is 1. The summed E-state index contributed by atoms with van der Waals surface area (Å²) in [7, 11) is 0. The maximum Gasteiger partial charge on any atom is 0.240 e. The third-order valence-electron chi connectivity index (χ3n) is 3.23. The van der Waals surface area contributed by atoms with Crippen molar-refractivity contribution in [2.24, 2.45) is 0 Å². The molecule has 1 amide bonds. The zero-order valence-electron chi connectivity index (χ0n) is 12.1. The van der Waals surface area contributed by atoms with Gasteiger partial charge < -0.3 is 10.2 Å². The molecule has 0 saturated heterocycles. The van der Waals surface area contributed by atoms with Crippen LogP contribution in [0.5, 0.6) is 0 Å². The van der Waals surface area contributed by atoms with Crippen molar-refractivity contribution in [2.75, 3.05) is 18.0 Å². The fourth-order valence-electron chi connectivity index (χ4n) is 2.15. The fourth-order valence-corrected chi connectivity index (χ4v) is 2.15. The number of amides is 1. The van der Waals surface area contributed by atoms with Crippen molar-refractivity contribution >= 4 is 11.6 Å². The summed E-state index contributed by atoms with van der Waals surface area (Å²) in [5.74, 6) is -0.284. The van der Waals surface area contributed by atoms with E-state index in [1.54, 1.807) is 23.1 Å². The van der Waals surface area contributed by atoms with Crippen molar-refractivity contribution in [3.05, 3.63) is 66.0 Å². The lowest BCUT2D eigenvalue weighted by molar-refractivity contribution is -0.117. The number of benzene rings is 2. The molecule has 4 heteroatoms. The number of carbonyl (C=O) groups excluding carboxylic acids is 1. The predicted octanol–water partition coefficient (Wildman–Crippen LogP) is 2.97. The molecule has 0 atom stereocenters. The third-order valence-corrected chi connectivity index (χ3v) is 3.23. The molecular weight excluding hydrogens is 267 g/mol. The molecule has 0 radical (unpaired) electrons. The summed E-state index contributed by atoms with van der Waals surface area (Å²) in [4.78, 5) is 13.9. The average Bonchev–Trinajstić information content (AvgIpc) is 2.51. The van der Waals surface area contributed by atoms with Gasteiger partial charge >= 0.3 is 0 Å². The standard InChI is InChI=1S/C17H19FN2O/c1-2-20(15-9-4-3-5-10-15)17(21)13-19-12-14-8-6-7-11-16(14)18/h3-11,19H,2,12-13H2,1H3. The Morgan fingerprint density at radius 2 is 1.76 bits per heavy atom. The molecule has 0 heterocycles. The van der Waals surface area contributed by atoms with Crippen LogP contribution in [0.25, 0.3) is 0 Å². The largest absolute Gasteiger partial charge is 0.312 e. The highest BCUT2D eigenvalue weighted by molar-refractivity contribution is 5.94. The molecule has 0 aliphatic heterocycles. The van der Waals surface area contributed by atoms with Gasteiger partial charge in [0.2, 0.25) is 5.91 Å². The van der Waals surface area contributed by atoms with E-state index in [4.69, 9.17) is 0 Å². The summed E-state index contributed by atoms with van der Waals surface area (Å²) < 4.78 is 13.5. The second-order valence-corrected chi connectivity index (χ2v) is 4.67. The number of hydrogen-bond acceptors (Lipinski definition) is 2. The first-order valence-electron chi connectivity index (χ1n) is 7.02. The number of nitrogens with one attached hydrogen (secondary N) is 1. The fraction of sp³-hybridized carbons (Fsp3) is 0.235. The summed E-state index contributed by atoms with van der Waals surface area (Å²) >= 11 is 0. The number of rotatable bonds is 6. The Hall–Kier alpha value is -2.20. The lowest BCUT2D eigenvalue weighted by Crippen LogP contribution is -2.38. The lowest BCUT2D eigenvalue weighted by Gasteiger charge is -2.21. The zero-order valence-corrected chi connectivity index (χ0v) is 12.1. The molecule has 21 heavy (non-hydrogen) atoms. The van der Waals surface area contributed by atoms with Gasteiger partial charge in [-0.25, -0.2) is 4.39 Å². The molecule has 0 fully saturated rings. The monoisotopic (exact) mass is 286 g/mol. The SMILES string of the molecule is CCN(C(=O)CNCc1ccccc1F)c1ccccc1. The van der Waals surface area contributed by atoms with E-state index in [-0.39, 0.29) is 18.3 Å². The van der Waals surface area contributed by atoms with Crippen molar-refractivity contribution in [1.29, 1.82) is 0 Å². The Kier molecular flexibility index (Phi) is 5.46. The van der Waals surface area contributed by atoms with Gasteiger partial charge in [0, 0.05) is 24.3 Å². The van der Waals surface area contributed by atoms with Crippen LogP contribution >= 0.6 is 0 Å². The molecule has 2 rings (SSSR count). The minimum Gasteiger partial charge on any atom is -0.312 e. The molecule has 2 aromatic rings. The van der Waals surface area contributed by atoms with E-state index in [1.807, 2.05) is 37.3 Å². The number of nitrogens with zero attached hydrogens (tertiary/aromatic N) is 1.